The first-order valence-electron chi connectivity index (χ1n) is 9.87. The molecule has 8 nitrogen and oxygen atoms in total. The van der Waals surface area contributed by atoms with Crippen molar-refractivity contribution >= 4 is 33.4 Å². The summed E-state index contributed by atoms with van der Waals surface area (Å²) < 4.78 is 46.9. The molecule has 0 unspecified atom stereocenters. The second-order valence-corrected chi connectivity index (χ2v) is 9.64. The fraction of sp³-hybridized carbons (Fsp3) is 0.217. The van der Waals surface area contributed by atoms with Crippen molar-refractivity contribution in [2.75, 3.05) is 20.7 Å². The van der Waals surface area contributed by atoms with Crippen molar-refractivity contribution in [2.45, 2.75) is 18.4 Å². The molecule has 0 bridgehead atoms. The van der Waals surface area contributed by atoms with Gasteiger partial charge in [-0.2, -0.15) is 0 Å². The minimum Gasteiger partial charge on any atom is -0.450 e. The molecule has 0 aliphatic rings. The SMILES string of the molecule is Cc1c(-c2cccc(S(=O)(=O)N(C)C)c2)c2cc(C=O)ccc2n1C/C(F)=C/COC(=O)O. The van der Waals surface area contributed by atoms with Gasteiger partial charge in [0.05, 0.1) is 11.4 Å². The van der Waals surface area contributed by atoms with E-state index in [0.29, 0.717) is 39.6 Å². The first kappa shape index (κ1) is 24.1. The Bertz CT molecular complexity index is 1360. The van der Waals surface area contributed by atoms with Gasteiger partial charge in [-0.05, 0) is 48.9 Å². The fourth-order valence-corrected chi connectivity index (χ4v) is 4.53. The molecule has 1 aromatic heterocycles. The predicted octanol–water partition coefficient (Wildman–Crippen LogP) is 4.23. The monoisotopic (exact) mass is 474 g/mol. The van der Waals surface area contributed by atoms with E-state index in [1.807, 2.05) is 0 Å². The molecule has 0 atom stereocenters. The van der Waals surface area contributed by atoms with Crippen LogP contribution < -0.4 is 0 Å². The van der Waals surface area contributed by atoms with E-state index in [2.05, 4.69) is 4.74 Å². The Balaban J connectivity index is 2.18. The van der Waals surface area contributed by atoms with Gasteiger partial charge in [0.25, 0.3) is 0 Å². The van der Waals surface area contributed by atoms with Gasteiger partial charge in [0.1, 0.15) is 18.7 Å². The van der Waals surface area contributed by atoms with Crippen molar-refractivity contribution in [3.63, 3.8) is 0 Å². The maximum atomic E-state index is 14.5. The third kappa shape index (κ3) is 4.96. The summed E-state index contributed by atoms with van der Waals surface area (Å²) in [5.74, 6) is -0.605. The van der Waals surface area contributed by atoms with Gasteiger partial charge >= 0.3 is 6.16 Å². The number of benzene rings is 2. The molecule has 0 radical (unpaired) electrons. The third-order valence-corrected chi connectivity index (χ3v) is 7.02. The van der Waals surface area contributed by atoms with Crippen LogP contribution in [-0.4, -0.2) is 55.5 Å². The summed E-state index contributed by atoms with van der Waals surface area (Å²) in [7, 11) is -0.790. The molecular formula is C23H23FN2O6S. The van der Waals surface area contributed by atoms with Gasteiger partial charge in [-0.3, -0.25) is 4.79 Å². The number of hydrogen-bond acceptors (Lipinski definition) is 5. The summed E-state index contributed by atoms with van der Waals surface area (Å²) in [6, 6.07) is 11.4. The summed E-state index contributed by atoms with van der Waals surface area (Å²) in [6.07, 6.45) is 0.230. The number of carbonyl (C=O) groups is 2. The molecule has 33 heavy (non-hydrogen) atoms. The van der Waals surface area contributed by atoms with E-state index in [9.17, 15) is 22.4 Å². The molecule has 3 aromatic rings. The van der Waals surface area contributed by atoms with E-state index < -0.39 is 28.6 Å². The van der Waals surface area contributed by atoms with Crippen molar-refractivity contribution in [3.05, 3.63) is 65.6 Å². The van der Waals surface area contributed by atoms with E-state index in [1.165, 1.54) is 20.2 Å². The van der Waals surface area contributed by atoms with Crippen molar-refractivity contribution in [1.82, 2.24) is 8.87 Å². The van der Waals surface area contributed by atoms with Crippen LogP contribution in [0.4, 0.5) is 9.18 Å². The Morgan fingerprint density at radius 2 is 1.94 bits per heavy atom. The van der Waals surface area contributed by atoms with Crippen LogP contribution in [0.25, 0.3) is 22.0 Å². The summed E-state index contributed by atoms with van der Waals surface area (Å²) in [5.41, 5.74) is 2.97. The number of carbonyl (C=O) groups excluding carboxylic acids is 1. The number of halogens is 1. The molecule has 0 spiro atoms. The Hall–Kier alpha value is -3.50. The molecule has 0 saturated heterocycles. The van der Waals surface area contributed by atoms with Crippen molar-refractivity contribution in [2.24, 2.45) is 0 Å². The molecule has 1 N–H and O–H groups in total. The van der Waals surface area contributed by atoms with Crippen LogP contribution in [-0.2, 0) is 21.3 Å². The maximum Gasteiger partial charge on any atom is 0.506 e. The molecule has 0 saturated carbocycles. The Morgan fingerprint density at radius 3 is 2.58 bits per heavy atom. The van der Waals surface area contributed by atoms with E-state index >= 15 is 0 Å². The Labute approximate surface area is 190 Å². The highest BCUT2D eigenvalue weighted by atomic mass is 32.2. The summed E-state index contributed by atoms with van der Waals surface area (Å²) >= 11 is 0. The number of ether oxygens (including phenoxy) is 1. The van der Waals surface area contributed by atoms with Crippen LogP contribution in [0.1, 0.15) is 16.1 Å². The highest BCUT2D eigenvalue weighted by Gasteiger charge is 2.21. The molecule has 3 rings (SSSR count). The first-order chi connectivity index (χ1) is 15.6. The zero-order chi connectivity index (χ0) is 24.3. The average molecular weight is 475 g/mol. The van der Waals surface area contributed by atoms with Crippen LogP contribution in [0.5, 0.6) is 0 Å². The van der Waals surface area contributed by atoms with Gasteiger partial charge in [0.2, 0.25) is 10.0 Å². The lowest BCUT2D eigenvalue weighted by Crippen LogP contribution is -2.22. The standard InChI is InChI=1S/C23H23FN2O6S/c1-15-22(17-5-4-6-19(12-17)33(30,31)25(2)3)20-11-16(14-27)7-8-21(20)26(15)13-18(24)9-10-32-23(28)29/h4-9,11-12,14H,10,13H2,1-3H3,(H,28,29)/b18-9-. The average Bonchev–Trinajstić information content (AvgIpc) is 3.03. The van der Waals surface area contributed by atoms with Gasteiger partial charge in [0.15, 0.2) is 0 Å². The molecule has 10 heteroatoms. The minimum atomic E-state index is -3.68. The highest BCUT2D eigenvalue weighted by Crippen LogP contribution is 2.36. The molecular weight excluding hydrogens is 451 g/mol. The van der Waals surface area contributed by atoms with Crippen molar-refractivity contribution < 1.29 is 32.2 Å². The van der Waals surface area contributed by atoms with Crippen molar-refractivity contribution in [1.29, 1.82) is 0 Å². The van der Waals surface area contributed by atoms with Crippen LogP contribution >= 0.6 is 0 Å². The van der Waals surface area contributed by atoms with Crippen LogP contribution in [0, 0.1) is 6.92 Å². The van der Waals surface area contributed by atoms with E-state index in [4.69, 9.17) is 5.11 Å². The van der Waals surface area contributed by atoms with Crippen molar-refractivity contribution in [3.8, 4) is 11.1 Å². The number of hydrogen-bond donors (Lipinski definition) is 1. The summed E-state index contributed by atoms with van der Waals surface area (Å²) in [6.45, 7) is 1.15. The number of sulfonamides is 1. The fourth-order valence-electron chi connectivity index (χ4n) is 3.58. The quantitative estimate of drug-likeness (QED) is 0.387. The van der Waals surface area contributed by atoms with Gasteiger partial charge in [-0.25, -0.2) is 21.9 Å². The number of carboxylic acid groups (broad SMARTS) is 1. The second-order valence-electron chi connectivity index (χ2n) is 7.48. The lowest BCUT2D eigenvalue weighted by molar-refractivity contribution is 0.101. The molecule has 174 valence electrons. The summed E-state index contributed by atoms with van der Waals surface area (Å²) in [4.78, 5) is 22.0. The zero-order valence-electron chi connectivity index (χ0n) is 18.3. The Morgan fingerprint density at radius 1 is 1.21 bits per heavy atom. The largest absolute Gasteiger partial charge is 0.506 e. The molecule has 0 aliphatic carbocycles. The zero-order valence-corrected chi connectivity index (χ0v) is 19.1. The number of rotatable bonds is 8. The van der Waals surface area contributed by atoms with Gasteiger partial charge in [-0.15, -0.1) is 0 Å². The normalized spacial score (nSPS) is 12.3. The minimum absolute atomic E-state index is 0.105. The number of allylic oxidation sites excluding steroid dienone is 1. The van der Waals surface area contributed by atoms with Gasteiger partial charge in [0, 0.05) is 41.8 Å². The predicted molar refractivity (Wildman–Crippen MR) is 122 cm³/mol. The third-order valence-electron chi connectivity index (χ3n) is 5.21. The lowest BCUT2D eigenvalue weighted by atomic mass is 10.0. The number of nitrogens with zero attached hydrogens (tertiary/aromatic N) is 2. The van der Waals surface area contributed by atoms with E-state index in [1.54, 1.807) is 47.9 Å². The smallest absolute Gasteiger partial charge is 0.450 e. The molecule has 0 aliphatic heterocycles. The van der Waals surface area contributed by atoms with E-state index in [-0.39, 0.29) is 11.4 Å². The topological polar surface area (TPSA) is 106 Å². The molecule has 0 fully saturated rings. The van der Waals surface area contributed by atoms with E-state index in [0.717, 1.165) is 10.4 Å². The molecule has 0 amide bonds. The highest BCUT2D eigenvalue weighted by molar-refractivity contribution is 7.89. The Kier molecular flexibility index (Phi) is 6.99. The summed E-state index contributed by atoms with van der Waals surface area (Å²) in [5, 5.41) is 9.20. The lowest BCUT2D eigenvalue weighted by Gasteiger charge is -2.13. The number of aldehydes is 1. The van der Waals surface area contributed by atoms with Crippen LogP contribution in [0.3, 0.4) is 0 Å². The second kappa shape index (κ2) is 9.55. The first-order valence-corrected chi connectivity index (χ1v) is 11.3. The molecule has 2 aromatic carbocycles. The van der Waals surface area contributed by atoms with Crippen LogP contribution in [0.2, 0.25) is 0 Å². The van der Waals surface area contributed by atoms with Crippen LogP contribution in [0.15, 0.2) is 59.3 Å². The van der Waals surface area contributed by atoms with Gasteiger partial charge < -0.3 is 14.4 Å². The number of aromatic nitrogens is 1. The van der Waals surface area contributed by atoms with Gasteiger partial charge in [-0.1, -0.05) is 12.1 Å². The molecule has 1 heterocycles. The number of fused-ring (bicyclic) bond motifs is 1. The maximum absolute atomic E-state index is 14.5.